The molecule has 0 fully saturated rings. The first-order valence-corrected chi connectivity index (χ1v) is 8.44. The molecule has 2 aromatic rings. The van der Waals surface area contributed by atoms with Crippen LogP contribution in [0.25, 0.3) is 0 Å². The molecule has 0 aromatic heterocycles. The van der Waals surface area contributed by atoms with Gasteiger partial charge in [0.15, 0.2) is 18.1 Å². The van der Waals surface area contributed by atoms with Gasteiger partial charge in [-0.15, -0.1) is 11.8 Å². The van der Waals surface area contributed by atoms with Crippen molar-refractivity contribution in [2.45, 2.75) is 4.90 Å². The van der Waals surface area contributed by atoms with Crippen molar-refractivity contribution >= 4 is 23.4 Å². The van der Waals surface area contributed by atoms with Crippen LogP contribution in [0.4, 0.5) is 5.69 Å². The van der Waals surface area contributed by atoms with Gasteiger partial charge in [-0.2, -0.15) is 5.26 Å². The molecule has 2 aromatic carbocycles. The van der Waals surface area contributed by atoms with E-state index in [1.807, 2.05) is 30.3 Å². The first-order valence-electron chi connectivity index (χ1n) is 7.46. The van der Waals surface area contributed by atoms with Gasteiger partial charge in [0.1, 0.15) is 0 Å². The molecule has 0 saturated heterocycles. The molecule has 1 amide bonds. The third-order valence-corrected chi connectivity index (χ3v) is 4.72. The van der Waals surface area contributed by atoms with Crippen LogP contribution < -0.4 is 14.4 Å². The Morgan fingerprint density at radius 3 is 2.92 bits per heavy atom. The minimum Gasteiger partial charge on any atom is -0.493 e. The molecular formula is C18H16N2O3S. The molecular weight excluding hydrogens is 324 g/mol. The largest absolute Gasteiger partial charge is 0.493 e. The van der Waals surface area contributed by atoms with Crippen LogP contribution in [-0.2, 0) is 4.79 Å². The summed E-state index contributed by atoms with van der Waals surface area (Å²) in [7, 11) is 1.50. The number of carbonyl (C=O) groups is 1. The van der Waals surface area contributed by atoms with Gasteiger partial charge >= 0.3 is 0 Å². The predicted octanol–water partition coefficient (Wildman–Crippen LogP) is 3.08. The zero-order valence-corrected chi connectivity index (χ0v) is 14.0. The van der Waals surface area contributed by atoms with E-state index >= 15 is 0 Å². The van der Waals surface area contributed by atoms with E-state index in [0.717, 1.165) is 16.3 Å². The van der Waals surface area contributed by atoms with Crippen LogP contribution in [0.15, 0.2) is 47.4 Å². The maximum atomic E-state index is 12.6. The highest BCUT2D eigenvalue weighted by Gasteiger charge is 2.23. The molecule has 6 heteroatoms. The number of anilines is 1. The van der Waals surface area contributed by atoms with E-state index in [1.54, 1.807) is 34.9 Å². The quantitative estimate of drug-likeness (QED) is 0.856. The van der Waals surface area contributed by atoms with Crippen molar-refractivity contribution in [3.05, 3.63) is 48.0 Å². The van der Waals surface area contributed by atoms with Crippen molar-refractivity contribution in [3.63, 3.8) is 0 Å². The first-order chi connectivity index (χ1) is 11.7. The summed E-state index contributed by atoms with van der Waals surface area (Å²) >= 11 is 1.75. The lowest BCUT2D eigenvalue weighted by Gasteiger charge is -2.28. The highest BCUT2D eigenvalue weighted by Crippen LogP contribution is 2.34. The van der Waals surface area contributed by atoms with E-state index in [4.69, 9.17) is 14.7 Å². The fraction of sp³-hybridized carbons (Fsp3) is 0.222. The van der Waals surface area contributed by atoms with Crippen molar-refractivity contribution in [1.29, 1.82) is 5.26 Å². The van der Waals surface area contributed by atoms with E-state index in [1.165, 1.54) is 7.11 Å². The number of methoxy groups -OCH3 is 1. The Morgan fingerprint density at radius 1 is 1.29 bits per heavy atom. The highest BCUT2D eigenvalue weighted by molar-refractivity contribution is 7.99. The van der Waals surface area contributed by atoms with Crippen LogP contribution in [-0.4, -0.2) is 31.9 Å². The second-order valence-corrected chi connectivity index (χ2v) is 6.26. The summed E-state index contributed by atoms with van der Waals surface area (Å²) in [5, 5.41) is 8.92. The number of nitriles is 1. The standard InChI is InChI=1S/C18H16N2O3S/c1-22-16-10-13(11-19)6-7-15(16)23-12-18(21)20-8-9-24-17-5-3-2-4-14(17)20/h2-7,10H,8-9,12H2,1H3. The van der Waals surface area contributed by atoms with E-state index in [9.17, 15) is 4.79 Å². The highest BCUT2D eigenvalue weighted by atomic mass is 32.2. The molecule has 0 radical (unpaired) electrons. The average molecular weight is 340 g/mol. The van der Waals surface area contributed by atoms with Crippen LogP contribution in [0.1, 0.15) is 5.56 Å². The SMILES string of the molecule is COc1cc(C#N)ccc1OCC(=O)N1CCSc2ccccc21. The maximum absolute atomic E-state index is 12.6. The number of amides is 1. The van der Waals surface area contributed by atoms with Crippen LogP contribution in [0.3, 0.4) is 0 Å². The Bertz CT molecular complexity index is 801. The van der Waals surface area contributed by atoms with Crippen molar-refractivity contribution in [1.82, 2.24) is 0 Å². The molecule has 0 aliphatic carbocycles. The summed E-state index contributed by atoms with van der Waals surface area (Å²) in [5.41, 5.74) is 1.40. The number of ether oxygens (including phenoxy) is 2. The molecule has 1 aliphatic rings. The monoisotopic (exact) mass is 340 g/mol. The summed E-state index contributed by atoms with van der Waals surface area (Å²) in [6, 6.07) is 14.8. The molecule has 0 unspecified atom stereocenters. The molecule has 5 nitrogen and oxygen atoms in total. The number of para-hydroxylation sites is 1. The van der Waals surface area contributed by atoms with Gasteiger partial charge in [-0.25, -0.2) is 0 Å². The summed E-state index contributed by atoms with van der Waals surface area (Å²) in [6.07, 6.45) is 0. The molecule has 0 saturated carbocycles. The van der Waals surface area contributed by atoms with Crippen molar-refractivity contribution in [2.75, 3.05) is 30.9 Å². The summed E-state index contributed by atoms with van der Waals surface area (Å²) in [5.74, 6) is 1.65. The third kappa shape index (κ3) is 3.31. The number of nitrogens with zero attached hydrogens (tertiary/aromatic N) is 2. The first kappa shape index (κ1) is 16.2. The van der Waals surface area contributed by atoms with Crippen molar-refractivity contribution in [3.8, 4) is 17.6 Å². The van der Waals surface area contributed by atoms with Gasteiger partial charge in [0.25, 0.3) is 5.91 Å². The third-order valence-electron chi connectivity index (χ3n) is 3.67. The lowest BCUT2D eigenvalue weighted by atomic mass is 10.2. The van der Waals surface area contributed by atoms with E-state index in [-0.39, 0.29) is 12.5 Å². The topological polar surface area (TPSA) is 62.6 Å². The number of hydrogen-bond acceptors (Lipinski definition) is 5. The molecule has 0 N–H and O–H groups in total. The molecule has 24 heavy (non-hydrogen) atoms. The number of benzene rings is 2. The number of rotatable bonds is 4. The van der Waals surface area contributed by atoms with Crippen molar-refractivity contribution < 1.29 is 14.3 Å². The Labute approximate surface area is 144 Å². The van der Waals surface area contributed by atoms with Crippen LogP contribution in [0, 0.1) is 11.3 Å². The summed E-state index contributed by atoms with van der Waals surface area (Å²) < 4.78 is 10.8. The predicted molar refractivity (Wildman–Crippen MR) is 92.7 cm³/mol. The second-order valence-electron chi connectivity index (χ2n) is 5.13. The lowest BCUT2D eigenvalue weighted by molar-refractivity contribution is -0.120. The smallest absolute Gasteiger partial charge is 0.264 e. The zero-order chi connectivity index (χ0) is 16.9. The second kappa shape index (κ2) is 7.28. The maximum Gasteiger partial charge on any atom is 0.264 e. The minimum absolute atomic E-state index is 0.0821. The Balaban J connectivity index is 1.72. The van der Waals surface area contributed by atoms with Gasteiger partial charge in [-0.3, -0.25) is 4.79 Å². The lowest BCUT2D eigenvalue weighted by Crippen LogP contribution is -2.38. The van der Waals surface area contributed by atoms with Gasteiger partial charge in [0.2, 0.25) is 0 Å². The Hall–Kier alpha value is -2.65. The average Bonchev–Trinajstić information content (AvgIpc) is 2.65. The van der Waals surface area contributed by atoms with Crippen LogP contribution >= 0.6 is 11.8 Å². The normalized spacial score (nSPS) is 12.9. The molecule has 0 spiro atoms. The van der Waals surface area contributed by atoms with Gasteiger partial charge in [0.05, 0.1) is 24.4 Å². The van der Waals surface area contributed by atoms with Gasteiger partial charge < -0.3 is 14.4 Å². The number of thioether (sulfide) groups is 1. The van der Waals surface area contributed by atoms with Crippen molar-refractivity contribution in [2.24, 2.45) is 0 Å². The number of carbonyl (C=O) groups excluding carboxylic acids is 1. The minimum atomic E-state index is -0.103. The van der Waals surface area contributed by atoms with E-state index in [0.29, 0.717) is 23.6 Å². The molecule has 3 rings (SSSR count). The molecule has 0 atom stereocenters. The van der Waals surface area contributed by atoms with Crippen LogP contribution in [0.5, 0.6) is 11.5 Å². The molecule has 122 valence electrons. The zero-order valence-electron chi connectivity index (χ0n) is 13.2. The fourth-order valence-corrected chi connectivity index (χ4v) is 3.50. The number of hydrogen-bond donors (Lipinski definition) is 0. The fourth-order valence-electron chi connectivity index (χ4n) is 2.50. The Kier molecular flexibility index (Phi) is 4.92. The van der Waals surface area contributed by atoms with E-state index in [2.05, 4.69) is 0 Å². The van der Waals surface area contributed by atoms with E-state index < -0.39 is 0 Å². The molecule has 1 aliphatic heterocycles. The summed E-state index contributed by atoms with van der Waals surface area (Å²) in [6.45, 7) is 0.579. The molecule has 1 heterocycles. The van der Waals surface area contributed by atoms with Gasteiger partial charge in [0, 0.05) is 23.3 Å². The van der Waals surface area contributed by atoms with Gasteiger partial charge in [-0.05, 0) is 24.3 Å². The van der Waals surface area contributed by atoms with Crippen LogP contribution in [0.2, 0.25) is 0 Å². The Morgan fingerprint density at radius 2 is 2.12 bits per heavy atom. The number of fused-ring (bicyclic) bond motifs is 1. The molecule has 0 bridgehead atoms. The summed E-state index contributed by atoms with van der Waals surface area (Å²) in [4.78, 5) is 15.4. The van der Waals surface area contributed by atoms with Gasteiger partial charge in [-0.1, -0.05) is 12.1 Å².